The lowest BCUT2D eigenvalue weighted by Crippen LogP contribution is -2.54. The van der Waals surface area contributed by atoms with Crippen LogP contribution in [0.3, 0.4) is 0 Å². The van der Waals surface area contributed by atoms with Crippen molar-refractivity contribution in [3.63, 3.8) is 0 Å². The van der Waals surface area contributed by atoms with Crippen LogP contribution in [0, 0.1) is 6.92 Å². The van der Waals surface area contributed by atoms with E-state index < -0.39 is 28.5 Å². The summed E-state index contributed by atoms with van der Waals surface area (Å²) in [7, 11) is -4.29. The van der Waals surface area contributed by atoms with Crippen molar-refractivity contribution in [2.45, 2.75) is 64.1 Å². The summed E-state index contributed by atoms with van der Waals surface area (Å²) < 4.78 is 35.6. The lowest BCUT2D eigenvalue weighted by atomic mass is 10.0. The number of benzene rings is 4. The number of rotatable bonds is 15. The fraction of sp³-hybridized carbons (Fsp3) is 0.297. The molecule has 2 amide bonds. The molecule has 11 heteroatoms. The molecular formula is C37H41Cl2N3O5S. The number of hydrogen-bond donors (Lipinski definition) is 1. The number of nitrogens with zero attached hydrogens (tertiary/aromatic N) is 2. The number of ether oxygens (including phenoxy) is 1. The Morgan fingerprint density at radius 1 is 0.896 bits per heavy atom. The molecule has 0 spiro atoms. The Bertz CT molecular complexity index is 1800. The van der Waals surface area contributed by atoms with Crippen LogP contribution in [-0.2, 0) is 32.6 Å². The molecule has 4 rings (SSSR count). The number of nitrogens with one attached hydrogen (secondary N) is 1. The van der Waals surface area contributed by atoms with Gasteiger partial charge in [0.25, 0.3) is 10.0 Å². The summed E-state index contributed by atoms with van der Waals surface area (Å²) in [4.78, 5) is 30.2. The largest absolute Gasteiger partial charge is 0.492 e. The van der Waals surface area contributed by atoms with Crippen molar-refractivity contribution < 1.29 is 22.7 Å². The summed E-state index contributed by atoms with van der Waals surface area (Å²) in [6.45, 7) is 7.08. The summed E-state index contributed by atoms with van der Waals surface area (Å²) >= 11 is 12.8. The fourth-order valence-corrected chi connectivity index (χ4v) is 7.01. The van der Waals surface area contributed by atoms with Crippen molar-refractivity contribution in [2.24, 2.45) is 0 Å². The molecule has 0 aliphatic rings. The second-order valence-corrected chi connectivity index (χ2v) is 14.2. The van der Waals surface area contributed by atoms with E-state index in [9.17, 15) is 18.0 Å². The van der Waals surface area contributed by atoms with E-state index >= 15 is 0 Å². The van der Waals surface area contributed by atoms with Crippen LogP contribution in [-0.4, -0.2) is 50.4 Å². The molecule has 0 aromatic heterocycles. The Labute approximate surface area is 293 Å². The van der Waals surface area contributed by atoms with Gasteiger partial charge in [0.05, 0.1) is 17.2 Å². The molecule has 0 saturated carbocycles. The third kappa shape index (κ3) is 9.30. The highest BCUT2D eigenvalue weighted by atomic mass is 35.5. The molecular weight excluding hydrogens is 669 g/mol. The predicted octanol–water partition coefficient (Wildman–Crippen LogP) is 7.45. The van der Waals surface area contributed by atoms with E-state index in [0.717, 1.165) is 15.4 Å². The van der Waals surface area contributed by atoms with Gasteiger partial charge in [0.2, 0.25) is 11.8 Å². The van der Waals surface area contributed by atoms with E-state index in [1.165, 1.54) is 17.0 Å². The number of halogens is 2. The number of aryl methyl sites for hydroxylation is 1. The first kappa shape index (κ1) is 36.8. The molecule has 8 nitrogen and oxygen atoms in total. The van der Waals surface area contributed by atoms with Gasteiger partial charge in [0, 0.05) is 29.1 Å². The van der Waals surface area contributed by atoms with Gasteiger partial charge in [-0.15, -0.1) is 0 Å². The Hall–Kier alpha value is -4.05. The maximum atomic E-state index is 14.7. The summed E-state index contributed by atoms with van der Waals surface area (Å²) in [5, 5.41) is 3.76. The third-order valence-electron chi connectivity index (χ3n) is 7.95. The van der Waals surface area contributed by atoms with Crippen molar-refractivity contribution in [1.82, 2.24) is 10.2 Å². The smallest absolute Gasteiger partial charge is 0.264 e. The standard InChI is InChI=1S/C37H41Cl2N3O5S/c1-5-27(4)40-37(44)34(22-28-12-8-7-9-13-28)41(24-29-18-19-30(38)23-32(29)39)36(43)25-42(33-14-10-11-15-35(33)47-6-2)48(45,46)31-20-16-26(3)17-21-31/h7-21,23,27,34H,5-6,22,24-25H2,1-4H3,(H,40,44)/t27-,34-/m1/s1. The molecule has 0 bridgehead atoms. The minimum absolute atomic E-state index is 0.00912. The Morgan fingerprint density at radius 3 is 2.21 bits per heavy atom. The first-order valence-electron chi connectivity index (χ1n) is 15.8. The van der Waals surface area contributed by atoms with Crippen LogP contribution in [0.1, 0.15) is 43.9 Å². The van der Waals surface area contributed by atoms with Gasteiger partial charge in [-0.05, 0) is 74.7 Å². The monoisotopic (exact) mass is 709 g/mol. The lowest BCUT2D eigenvalue weighted by molar-refractivity contribution is -0.140. The van der Waals surface area contributed by atoms with E-state index in [-0.39, 0.29) is 42.1 Å². The molecule has 4 aromatic carbocycles. The van der Waals surface area contributed by atoms with Crippen molar-refractivity contribution in [1.29, 1.82) is 0 Å². The van der Waals surface area contributed by atoms with E-state index in [4.69, 9.17) is 27.9 Å². The minimum Gasteiger partial charge on any atom is -0.492 e. The Morgan fingerprint density at radius 2 is 1.56 bits per heavy atom. The molecule has 0 fully saturated rings. The second-order valence-electron chi connectivity index (χ2n) is 11.5. The zero-order valence-electron chi connectivity index (χ0n) is 27.5. The first-order valence-corrected chi connectivity index (χ1v) is 18.0. The lowest BCUT2D eigenvalue weighted by Gasteiger charge is -2.34. The van der Waals surface area contributed by atoms with Gasteiger partial charge in [0.1, 0.15) is 18.3 Å². The van der Waals surface area contributed by atoms with Gasteiger partial charge in [-0.2, -0.15) is 0 Å². The normalized spacial score (nSPS) is 12.5. The predicted molar refractivity (Wildman–Crippen MR) is 192 cm³/mol. The van der Waals surface area contributed by atoms with E-state index in [1.54, 1.807) is 61.5 Å². The van der Waals surface area contributed by atoms with Crippen molar-refractivity contribution in [2.75, 3.05) is 17.5 Å². The molecule has 0 unspecified atom stereocenters. The molecule has 0 radical (unpaired) electrons. The van der Waals surface area contributed by atoms with Gasteiger partial charge >= 0.3 is 0 Å². The van der Waals surface area contributed by atoms with Crippen LogP contribution in [0.5, 0.6) is 5.75 Å². The molecule has 2 atom stereocenters. The van der Waals surface area contributed by atoms with Crippen LogP contribution in [0.15, 0.2) is 102 Å². The van der Waals surface area contributed by atoms with E-state index in [2.05, 4.69) is 5.32 Å². The SMILES string of the molecule is CCOc1ccccc1N(CC(=O)N(Cc1ccc(Cl)cc1Cl)[C@H](Cc1ccccc1)C(=O)N[C@H](C)CC)S(=O)(=O)c1ccc(C)cc1. The molecule has 0 saturated heterocycles. The number of para-hydroxylation sites is 2. The minimum atomic E-state index is -4.29. The van der Waals surface area contributed by atoms with Gasteiger partial charge < -0.3 is 15.0 Å². The molecule has 0 aliphatic carbocycles. The Kier molecular flexibility index (Phi) is 12.9. The maximum absolute atomic E-state index is 14.7. The molecule has 0 heterocycles. The van der Waals surface area contributed by atoms with Crippen LogP contribution in [0.25, 0.3) is 0 Å². The summed E-state index contributed by atoms with van der Waals surface area (Å²) in [5.41, 5.74) is 2.45. The fourth-order valence-electron chi connectivity index (χ4n) is 5.12. The average Bonchev–Trinajstić information content (AvgIpc) is 3.07. The molecule has 4 aromatic rings. The Balaban J connectivity index is 1.86. The second kappa shape index (κ2) is 16.9. The average molecular weight is 711 g/mol. The third-order valence-corrected chi connectivity index (χ3v) is 10.3. The highest BCUT2D eigenvalue weighted by Crippen LogP contribution is 2.33. The summed E-state index contributed by atoms with van der Waals surface area (Å²) in [6, 6.07) is 26.2. The summed E-state index contributed by atoms with van der Waals surface area (Å²) in [5.74, 6) is -0.677. The quantitative estimate of drug-likeness (QED) is 0.138. The zero-order chi connectivity index (χ0) is 34.8. The van der Waals surface area contributed by atoms with Gasteiger partial charge in [-0.1, -0.05) is 96.4 Å². The number of anilines is 1. The van der Waals surface area contributed by atoms with Crippen molar-refractivity contribution >= 4 is 50.7 Å². The number of hydrogen-bond acceptors (Lipinski definition) is 5. The van der Waals surface area contributed by atoms with Crippen molar-refractivity contribution in [3.05, 3.63) is 124 Å². The molecule has 254 valence electrons. The van der Waals surface area contributed by atoms with Gasteiger partial charge in [-0.25, -0.2) is 8.42 Å². The topological polar surface area (TPSA) is 96.0 Å². The number of sulfonamides is 1. The van der Waals surface area contributed by atoms with Crippen LogP contribution in [0.2, 0.25) is 10.0 Å². The maximum Gasteiger partial charge on any atom is 0.264 e. The highest BCUT2D eigenvalue weighted by molar-refractivity contribution is 7.92. The van der Waals surface area contributed by atoms with Crippen molar-refractivity contribution in [3.8, 4) is 5.75 Å². The number of carbonyl (C=O) groups is 2. The van der Waals surface area contributed by atoms with Crippen LogP contribution < -0.4 is 14.4 Å². The molecule has 0 aliphatic heterocycles. The zero-order valence-corrected chi connectivity index (χ0v) is 29.9. The van der Waals surface area contributed by atoms with E-state index in [1.807, 2.05) is 51.1 Å². The van der Waals surface area contributed by atoms with Crippen LogP contribution in [0.4, 0.5) is 5.69 Å². The highest BCUT2D eigenvalue weighted by Gasteiger charge is 2.36. The number of carbonyl (C=O) groups excluding carboxylic acids is 2. The van der Waals surface area contributed by atoms with Gasteiger partial charge in [-0.3, -0.25) is 13.9 Å². The van der Waals surface area contributed by atoms with Gasteiger partial charge in [0.15, 0.2) is 0 Å². The summed E-state index contributed by atoms with van der Waals surface area (Å²) in [6.07, 6.45) is 0.859. The number of amides is 2. The first-order chi connectivity index (χ1) is 22.9. The molecule has 48 heavy (non-hydrogen) atoms. The molecule has 1 N–H and O–H groups in total. The van der Waals surface area contributed by atoms with E-state index in [0.29, 0.717) is 27.8 Å². The van der Waals surface area contributed by atoms with Crippen LogP contribution >= 0.6 is 23.2 Å².